The first-order valence-corrected chi connectivity index (χ1v) is 8.62. The van der Waals surface area contributed by atoms with Gasteiger partial charge in [0, 0.05) is 24.4 Å². The van der Waals surface area contributed by atoms with Gasteiger partial charge >= 0.3 is 12.0 Å². The van der Waals surface area contributed by atoms with Crippen LogP contribution in [-0.4, -0.2) is 40.5 Å². The number of amides is 4. The number of hydrogen-bond acceptors (Lipinski definition) is 4. The molecule has 28 heavy (non-hydrogen) atoms. The number of nitrogens with zero attached hydrogens (tertiary/aromatic N) is 1. The zero-order valence-corrected chi connectivity index (χ0v) is 15.4. The fraction of sp³-hybridized carbons (Fsp3) is 0.444. The molecule has 1 saturated heterocycles. The standard InChI is InChI=1S/C18H21F2N3O5/c1-18(2,8-7-15(25)26)22-14(24)6-4-12-16(27)23(17(28)21-12)13-5-3-10(19)9-11(13)20/h3,5,9,12H,4,6-8H2,1-2H3,(H,21,28)(H,22,24)(H,25,26)/t12-/m1/s1. The molecule has 0 aliphatic carbocycles. The van der Waals surface area contributed by atoms with Crippen molar-refractivity contribution in [3.63, 3.8) is 0 Å². The van der Waals surface area contributed by atoms with E-state index in [0.717, 1.165) is 12.1 Å². The number of rotatable bonds is 8. The number of carboxylic acid groups (broad SMARTS) is 1. The summed E-state index contributed by atoms with van der Waals surface area (Å²) in [7, 11) is 0. The van der Waals surface area contributed by atoms with Crippen LogP contribution in [0.3, 0.4) is 0 Å². The van der Waals surface area contributed by atoms with Crippen LogP contribution >= 0.6 is 0 Å². The number of imide groups is 1. The van der Waals surface area contributed by atoms with Crippen molar-refractivity contribution in [2.75, 3.05) is 4.90 Å². The Labute approximate surface area is 159 Å². The quantitative estimate of drug-likeness (QED) is 0.580. The van der Waals surface area contributed by atoms with E-state index in [-0.39, 0.29) is 31.4 Å². The van der Waals surface area contributed by atoms with E-state index in [4.69, 9.17) is 5.11 Å². The lowest BCUT2D eigenvalue weighted by molar-refractivity contribution is -0.138. The van der Waals surface area contributed by atoms with E-state index in [1.54, 1.807) is 13.8 Å². The average Bonchev–Trinajstić information content (AvgIpc) is 2.85. The first kappa shape index (κ1) is 21.3. The Morgan fingerprint density at radius 2 is 1.93 bits per heavy atom. The molecule has 0 bridgehead atoms. The minimum atomic E-state index is -1.05. The minimum Gasteiger partial charge on any atom is -0.481 e. The average molecular weight is 397 g/mol. The van der Waals surface area contributed by atoms with Gasteiger partial charge in [-0.2, -0.15) is 0 Å². The van der Waals surface area contributed by atoms with Crippen LogP contribution in [0.4, 0.5) is 19.3 Å². The highest BCUT2D eigenvalue weighted by atomic mass is 19.1. The number of nitrogens with one attached hydrogen (secondary N) is 2. The molecule has 1 aromatic carbocycles. The van der Waals surface area contributed by atoms with Crippen LogP contribution in [0, 0.1) is 11.6 Å². The zero-order valence-electron chi connectivity index (χ0n) is 15.4. The van der Waals surface area contributed by atoms with E-state index < -0.39 is 47.0 Å². The molecular formula is C18H21F2N3O5. The van der Waals surface area contributed by atoms with E-state index in [9.17, 15) is 28.0 Å². The van der Waals surface area contributed by atoms with Gasteiger partial charge in [-0.15, -0.1) is 0 Å². The predicted octanol–water partition coefficient (Wildman–Crippen LogP) is 1.93. The van der Waals surface area contributed by atoms with Gasteiger partial charge in [0.1, 0.15) is 17.7 Å². The lowest BCUT2D eigenvalue weighted by atomic mass is 9.98. The monoisotopic (exact) mass is 397 g/mol. The number of hydrogen-bond donors (Lipinski definition) is 3. The number of halogens is 2. The van der Waals surface area contributed by atoms with Gasteiger partial charge in [0.25, 0.3) is 5.91 Å². The molecule has 1 fully saturated rings. The number of anilines is 1. The van der Waals surface area contributed by atoms with Crippen molar-refractivity contribution >= 4 is 29.5 Å². The molecule has 1 atom stereocenters. The summed E-state index contributed by atoms with van der Waals surface area (Å²) in [6.07, 6.45) is -0.00884. The molecule has 0 unspecified atom stereocenters. The summed E-state index contributed by atoms with van der Waals surface area (Å²) in [6.45, 7) is 3.35. The highest BCUT2D eigenvalue weighted by Crippen LogP contribution is 2.25. The van der Waals surface area contributed by atoms with Crippen LogP contribution in [0.1, 0.15) is 39.5 Å². The predicted molar refractivity (Wildman–Crippen MR) is 94.5 cm³/mol. The number of benzene rings is 1. The number of carboxylic acids is 1. The second-order valence-electron chi connectivity index (χ2n) is 7.14. The smallest absolute Gasteiger partial charge is 0.329 e. The lowest BCUT2D eigenvalue weighted by Crippen LogP contribution is -2.44. The van der Waals surface area contributed by atoms with Gasteiger partial charge in [-0.25, -0.2) is 18.5 Å². The van der Waals surface area contributed by atoms with Gasteiger partial charge in [0.05, 0.1) is 5.69 Å². The van der Waals surface area contributed by atoms with E-state index in [2.05, 4.69) is 10.6 Å². The molecule has 0 aromatic heterocycles. The summed E-state index contributed by atoms with van der Waals surface area (Å²) in [6, 6.07) is 0.601. The van der Waals surface area contributed by atoms with E-state index in [1.807, 2.05) is 0 Å². The van der Waals surface area contributed by atoms with Gasteiger partial charge in [-0.05, 0) is 38.8 Å². The molecule has 152 valence electrons. The Morgan fingerprint density at radius 3 is 2.54 bits per heavy atom. The van der Waals surface area contributed by atoms with Crippen molar-refractivity contribution in [2.45, 2.75) is 51.1 Å². The molecule has 1 aromatic rings. The van der Waals surface area contributed by atoms with E-state index >= 15 is 0 Å². The van der Waals surface area contributed by atoms with Crippen LogP contribution in [0.25, 0.3) is 0 Å². The first-order valence-electron chi connectivity index (χ1n) is 8.62. The van der Waals surface area contributed by atoms with Crippen LogP contribution < -0.4 is 15.5 Å². The molecule has 8 nitrogen and oxygen atoms in total. The first-order chi connectivity index (χ1) is 13.0. The topological polar surface area (TPSA) is 116 Å². The van der Waals surface area contributed by atoms with E-state index in [0.29, 0.717) is 11.0 Å². The number of carbonyl (C=O) groups excluding carboxylic acids is 3. The van der Waals surface area contributed by atoms with Gasteiger partial charge in [0.15, 0.2) is 0 Å². The molecule has 0 radical (unpaired) electrons. The lowest BCUT2D eigenvalue weighted by Gasteiger charge is -2.25. The third-order valence-corrected chi connectivity index (χ3v) is 4.27. The SMILES string of the molecule is CC(C)(CCC(=O)O)NC(=O)CC[C@H]1NC(=O)N(c2ccc(F)cc2F)C1=O. The Balaban J connectivity index is 1.95. The van der Waals surface area contributed by atoms with Crippen LogP contribution in [0.2, 0.25) is 0 Å². The summed E-state index contributed by atoms with van der Waals surface area (Å²) in [5.41, 5.74) is -1.12. The fourth-order valence-corrected chi connectivity index (χ4v) is 2.81. The molecular weight excluding hydrogens is 376 g/mol. The Bertz CT molecular complexity index is 812. The Morgan fingerprint density at radius 1 is 1.25 bits per heavy atom. The Kier molecular flexibility index (Phi) is 6.32. The summed E-state index contributed by atoms with van der Waals surface area (Å²) >= 11 is 0. The van der Waals surface area contributed by atoms with Crippen molar-refractivity contribution in [3.05, 3.63) is 29.8 Å². The molecule has 2 rings (SSSR count). The highest BCUT2D eigenvalue weighted by molar-refractivity contribution is 6.21. The second kappa shape index (κ2) is 8.32. The maximum atomic E-state index is 13.9. The summed E-state index contributed by atoms with van der Waals surface area (Å²) in [5, 5.41) is 13.8. The van der Waals surface area contributed by atoms with Crippen LogP contribution in [0.5, 0.6) is 0 Å². The van der Waals surface area contributed by atoms with Gasteiger partial charge in [-0.1, -0.05) is 0 Å². The molecule has 10 heteroatoms. The van der Waals surface area contributed by atoms with Crippen molar-refractivity contribution in [1.29, 1.82) is 0 Å². The number of carbonyl (C=O) groups is 4. The third-order valence-electron chi connectivity index (χ3n) is 4.27. The largest absolute Gasteiger partial charge is 0.481 e. The van der Waals surface area contributed by atoms with Crippen LogP contribution in [0.15, 0.2) is 18.2 Å². The molecule has 3 N–H and O–H groups in total. The van der Waals surface area contributed by atoms with Gasteiger partial charge in [-0.3, -0.25) is 14.4 Å². The maximum absolute atomic E-state index is 13.9. The molecule has 0 saturated carbocycles. The number of urea groups is 1. The van der Waals surface area contributed by atoms with Gasteiger partial charge < -0.3 is 15.7 Å². The molecule has 4 amide bonds. The zero-order chi connectivity index (χ0) is 21.1. The van der Waals surface area contributed by atoms with Crippen molar-refractivity contribution < 1.29 is 33.1 Å². The summed E-state index contributed by atoms with van der Waals surface area (Å²) in [4.78, 5) is 47.8. The third kappa shape index (κ3) is 5.24. The molecule has 1 aliphatic rings. The van der Waals surface area contributed by atoms with E-state index in [1.165, 1.54) is 0 Å². The van der Waals surface area contributed by atoms with Crippen molar-refractivity contribution in [1.82, 2.24) is 10.6 Å². The summed E-state index contributed by atoms with van der Waals surface area (Å²) < 4.78 is 26.9. The van der Waals surface area contributed by atoms with Crippen LogP contribution in [-0.2, 0) is 14.4 Å². The minimum absolute atomic E-state index is 0.0231. The molecule has 0 spiro atoms. The van der Waals surface area contributed by atoms with Crippen molar-refractivity contribution in [3.8, 4) is 0 Å². The highest BCUT2D eigenvalue weighted by Gasteiger charge is 2.40. The molecule has 1 aliphatic heterocycles. The molecule has 1 heterocycles. The van der Waals surface area contributed by atoms with Gasteiger partial charge in [0.2, 0.25) is 5.91 Å². The number of aliphatic carboxylic acids is 1. The Hall–Kier alpha value is -3.04. The summed E-state index contributed by atoms with van der Waals surface area (Å²) in [5.74, 6) is -4.03. The normalized spacial score (nSPS) is 16.9. The fourth-order valence-electron chi connectivity index (χ4n) is 2.81. The van der Waals surface area contributed by atoms with Crippen molar-refractivity contribution in [2.24, 2.45) is 0 Å². The second-order valence-corrected chi connectivity index (χ2v) is 7.14. The maximum Gasteiger partial charge on any atom is 0.329 e.